The van der Waals surface area contributed by atoms with Crippen LogP contribution in [0.15, 0.2) is 24.3 Å². The summed E-state index contributed by atoms with van der Waals surface area (Å²) in [5.41, 5.74) is 0.722. The maximum absolute atomic E-state index is 12.9. The second kappa shape index (κ2) is 12.9. The first-order valence-electron chi connectivity index (χ1n) is 9.72. The Bertz CT molecular complexity index is 831. The van der Waals surface area contributed by atoms with E-state index in [9.17, 15) is 33.5 Å². The monoisotopic (exact) mass is 455 g/mol. The van der Waals surface area contributed by atoms with Gasteiger partial charge in [0, 0.05) is 26.4 Å². The van der Waals surface area contributed by atoms with E-state index in [1.54, 1.807) is 19.2 Å². The van der Waals surface area contributed by atoms with Gasteiger partial charge in [0.1, 0.15) is 17.9 Å². The Labute approximate surface area is 183 Å². The van der Waals surface area contributed by atoms with E-state index >= 15 is 0 Å². The van der Waals surface area contributed by atoms with Gasteiger partial charge in [0.05, 0.1) is 0 Å². The Morgan fingerprint density at radius 2 is 1.44 bits per heavy atom. The number of amides is 3. The number of rotatable bonds is 13. The lowest BCUT2D eigenvalue weighted by Gasteiger charge is -2.19. The summed E-state index contributed by atoms with van der Waals surface area (Å²) in [4.78, 5) is 58.7. The molecule has 3 amide bonds. The second-order valence-electron chi connectivity index (χ2n) is 7.10. The van der Waals surface area contributed by atoms with Crippen molar-refractivity contribution in [2.45, 2.75) is 50.7 Å². The zero-order chi connectivity index (χ0) is 24.3. The van der Waals surface area contributed by atoms with Crippen LogP contribution in [0.1, 0.15) is 37.7 Å². The molecule has 0 heterocycles. The fourth-order valence-corrected chi connectivity index (χ4v) is 2.74. The molecule has 11 nitrogen and oxygen atoms in total. The van der Waals surface area contributed by atoms with Crippen molar-refractivity contribution in [3.05, 3.63) is 35.6 Å². The molecule has 2 atom stereocenters. The molecule has 1 aromatic carbocycles. The summed E-state index contributed by atoms with van der Waals surface area (Å²) in [6.45, 7) is 0.245. The van der Waals surface area contributed by atoms with Gasteiger partial charge in [0.15, 0.2) is 0 Å². The van der Waals surface area contributed by atoms with Gasteiger partial charge in [-0.2, -0.15) is 0 Å². The lowest BCUT2D eigenvalue weighted by Crippen LogP contribution is -2.51. The number of carbonyl (C=O) groups excluding carboxylic acids is 2. The molecule has 1 aromatic rings. The summed E-state index contributed by atoms with van der Waals surface area (Å²) in [6.07, 6.45) is -0.823. The molecule has 0 bridgehead atoms. The van der Waals surface area contributed by atoms with Gasteiger partial charge in [-0.15, -0.1) is 0 Å². The number of nitrogens with zero attached hydrogens (tertiary/aromatic N) is 1. The Kier molecular flexibility index (Phi) is 10.6. The summed E-state index contributed by atoms with van der Waals surface area (Å²) in [6, 6.07) is 1.69. The quantitative estimate of drug-likeness (QED) is 0.293. The van der Waals surface area contributed by atoms with E-state index in [1.165, 1.54) is 17.0 Å². The van der Waals surface area contributed by atoms with Crippen molar-refractivity contribution >= 4 is 29.8 Å². The van der Waals surface area contributed by atoms with Crippen LogP contribution in [0, 0.1) is 5.82 Å². The minimum atomic E-state index is -1.50. The number of aliphatic carboxylic acids is 3. The number of urea groups is 1. The molecule has 0 aromatic heterocycles. The SMILES string of the molecule is CN(Cc1ccc(F)cc1)C(=O)CCC[C@H](NC(=O)N[C@@H](CCC(=O)O)C(=O)O)C(=O)O. The highest BCUT2D eigenvalue weighted by molar-refractivity contribution is 5.86. The van der Waals surface area contributed by atoms with Crippen molar-refractivity contribution in [1.29, 1.82) is 0 Å². The minimum Gasteiger partial charge on any atom is -0.481 e. The molecule has 32 heavy (non-hydrogen) atoms. The predicted octanol–water partition coefficient (Wildman–Crippen LogP) is 1.02. The fraction of sp³-hybridized carbons (Fsp3) is 0.450. The summed E-state index contributed by atoms with van der Waals surface area (Å²) < 4.78 is 12.9. The van der Waals surface area contributed by atoms with Crippen molar-refractivity contribution in [2.24, 2.45) is 0 Å². The molecule has 0 fully saturated rings. The van der Waals surface area contributed by atoms with Crippen LogP contribution in [0.25, 0.3) is 0 Å². The van der Waals surface area contributed by atoms with Crippen molar-refractivity contribution in [2.75, 3.05) is 7.05 Å². The van der Waals surface area contributed by atoms with Gasteiger partial charge in [-0.3, -0.25) is 9.59 Å². The van der Waals surface area contributed by atoms with E-state index in [4.69, 9.17) is 10.2 Å². The third-order valence-corrected chi connectivity index (χ3v) is 4.50. The molecule has 0 aliphatic heterocycles. The third kappa shape index (κ3) is 9.87. The Morgan fingerprint density at radius 3 is 1.94 bits per heavy atom. The van der Waals surface area contributed by atoms with Crippen molar-refractivity contribution in [3.8, 4) is 0 Å². The van der Waals surface area contributed by atoms with Crippen LogP contribution in [-0.4, -0.2) is 69.2 Å². The number of halogens is 1. The first-order valence-corrected chi connectivity index (χ1v) is 9.72. The Hall–Kier alpha value is -3.70. The van der Waals surface area contributed by atoms with Gasteiger partial charge in [-0.1, -0.05) is 12.1 Å². The normalized spacial score (nSPS) is 12.3. The van der Waals surface area contributed by atoms with E-state index in [1.807, 2.05) is 5.32 Å². The molecule has 1 rings (SSSR count). The highest BCUT2D eigenvalue weighted by Crippen LogP contribution is 2.09. The van der Waals surface area contributed by atoms with E-state index in [0.29, 0.717) is 0 Å². The molecule has 0 saturated carbocycles. The number of carboxylic acids is 3. The molecule has 0 spiro atoms. The first kappa shape index (κ1) is 26.3. The maximum Gasteiger partial charge on any atom is 0.326 e. The highest BCUT2D eigenvalue weighted by atomic mass is 19.1. The molecule has 0 aliphatic carbocycles. The van der Waals surface area contributed by atoms with Gasteiger partial charge in [-0.05, 0) is 37.0 Å². The third-order valence-electron chi connectivity index (χ3n) is 4.50. The number of hydrogen-bond acceptors (Lipinski definition) is 5. The summed E-state index contributed by atoms with van der Waals surface area (Å²) in [7, 11) is 1.55. The highest BCUT2D eigenvalue weighted by Gasteiger charge is 2.25. The zero-order valence-electron chi connectivity index (χ0n) is 17.4. The lowest BCUT2D eigenvalue weighted by molar-refractivity contribution is -0.140. The van der Waals surface area contributed by atoms with Crippen LogP contribution in [0.5, 0.6) is 0 Å². The van der Waals surface area contributed by atoms with Crippen LogP contribution in [-0.2, 0) is 25.7 Å². The van der Waals surface area contributed by atoms with Crippen molar-refractivity contribution in [1.82, 2.24) is 15.5 Å². The van der Waals surface area contributed by atoms with E-state index < -0.39 is 48.3 Å². The van der Waals surface area contributed by atoms with Gasteiger partial charge in [0.2, 0.25) is 5.91 Å². The maximum atomic E-state index is 12.9. The molecular weight excluding hydrogens is 429 g/mol. The summed E-state index contributed by atoms with van der Waals surface area (Å²) >= 11 is 0. The number of hydrogen-bond donors (Lipinski definition) is 5. The van der Waals surface area contributed by atoms with Crippen LogP contribution < -0.4 is 10.6 Å². The van der Waals surface area contributed by atoms with Crippen LogP contribution in [0.2, 0.25) is 0 Å². The Balaban J connectivity index is 2.51. The lowest BCUT2D eigenvalue weighted by atomic mass is 10.1. The van der Waals surface area contributed by atoms with E-state index in [2.05, 4.69) is 5.32 Å². The second-order valence-corrected chi connectivity index (χ2v) is 7.10. The molecule has 0 saturated heterocycles. The first-order chi connectivity index (χ1) is 15.0. The van der Waals surface area contributed by atoms with Gasteiger partial charge in [-0.25, -0.2) is 18.8 Å². The van der Waals surface area contributed by atoms with Gasteiger partial charge < -0.3 is 30.9 Å². The average Bonchev–Trinajstić information content (AvgIpc) is 2.71. The smallest absolute Gasteiger partial charge is 0.326 e. The predicted molar refractivity (Wildman–Crippen MR) is 108 cm³/mol. The molecule has 5 N–H and O–H groups in total. The van der Waals surface area contributed by atoms with Crippen molar-refractivity contribution in [3.63, 3.8) is 0 Å². The molecule has 12 heteroatoms. The van der Waals surface area contributed by atoms with Crippen LogP contribution in [0.3, 0.4) is 0 Å². The molecule has 176 valence electrons. The summed E-state index contributed by atoms with van der Waals surface area (Å²) in [5, 5.41) is 31.1. The van der Waals surface area contributed by atoms with Gasteiger partial charge in [0.25, 0.3) is 0 Å². The van der Waals surface area contributed by atoms with Gasteiger partial charge >= 0.3 is 23.9 Å². The number of nitrogens with one attached hydrogen (secondary N) is 2. The number of benzene rings is 1. The fourth-order valence-electron chi connectivity index (χ4n) is 2.74. The van der Waals surface area contributed by atoms with Crippen molar-refractivity contribution < 1.29 is 43.7 Å². The summed E-state index contributed by atoms with van der Waals surface area (Å²) in [5.74, 6) is -4.73. The number of carbonyl (C=O) groups is 5. The van der Waals surface area contributed by atoms with Crippen LogP contribution in [0.4, 0.5) is 9.18 Å². The molecule has 0 aliphatic rings. The Morgan fingerprint density at radius 1 is 0.906 bits per heavy atom. The topological polar surface area (TPSA) is 173 Å². The molecule has 0 radical (unpaired) electrons. The van der Waals surface area contributed by atoms with E-state index in [-0.39, 0.29) is 38.1 Å². The standard InChI is InChI=1S/C20H26FN3O8/c1-24(11-12-5-7-13(21)8-6-12)16(25)4-2-3-14(18(28)29)22-20(32)23-15(19(30)31)9-10-17(26)27/h5-8,14-15H,2-4,9-11H2,1H3,(H,26,27)(H,28,29)(H,30,31)(H2,22,23,32)/t14-,15-/m0/s1. The molecular formula is C20H26FN3O8. The van der Waals surface area contributed by atoms with Crippen LogP contribution >= 0.6 is 0 Å². The number of carboxylic acid groups (broad SMARTS) is 3. The zero-order valence-corrected chi connectivity index (χ0v) is 17.4. The molecule has 0 unspecified atom stereocenters. The minimum absolute atomic E-state index is 0.00113. The average molecular weight is 455 g/mol. The largest absolute Gasteiger partial charge is 0.481 e. The van der Waals surface area contributed by atoms with E-state index in [0.717, 1.165) is 5.56 Å².